The number of sulfone groups is 1. The largest absolute Gasteiger partial charge is 0.365 e. The Bertz CT molecular complexity index is 1180. The second-order valence-electron chi connectivity index (χ2n) is 8.49. The molecule has 3 aromatic rings. The third kappa shape index (κ3) is 5.19. The Kier molecular flexibility index (Phi) is 6.31. The van der Waals surface area contributed by atoms with Crippen molar-refractivity contribution in [2.75, 3.05) is 5.75 Å². The molecule has 2 N–H and O–H groups in total. The fraction of sp³-hybridized carbons (Fsp3) is 0.348. The Morgan fingerprint density at radius 3 is 2.29 bits per heavy atom. The van der Waals surface area contributed by atoms with Crippen molar-refractivity contribution in [2.24, 2.45) is 5.73 Å². The molecule has 0 fully saturated rings. The summed E-state index contributed by atoms with van der Waals surface area (Å²) in [5.41, 5.74) is 9.16. The molecule has 3 rings (SSSR count). The molecule has 2 aromatic heterocycles. The highest BCUT2D eigenvalue weighted by atomic mass is 32.2. The first-order valence-corrected chi connectivity index (χ1v) is 12.0. The number of carbonyl (C=O) groups is 1. The van der Waals surface area contributed by atoms with Gasteiger partial charge < -0.3 is 5.73 Å². The average molecular weight is 441 g/mol. The first-order chi connectivity index (χ1) is 14.5. The van der Waals surface area contributed by atoms with Crippen LogP contribution in [0.3, 0.4) is 0 Å². The summed E-state index contributed by atoms with van der Waals surface area (Å²) < 4.78 is 25.7. The van der Waals surface area contributed by atoms with E-state index in [1.165, 1.54) is 0 Å². The smallest absolute Gasteiger partial charge is 0.252 e. The van der Waals surface area contributed by atoms with E-state index in [2.05, 4.69) is 4.98 Å². The molecule has 1 amide bonds. The first-order valence-electron chi connectivity index (χ1n) is 10.1. The third-order valence-electron chi connectivity index (χ3n) is 4.99. The van der Waals surface area contributed by atoms with Gasteiger partial charge in [0.15, 0.2) is 9.84 Å². The van der Waals surface area contributed by atoms with E-state index in [1.807, 2.05) is 43.7 Å². The number of hydrogen-bond acceptors (Lipinski definition) is 5. The van der Waals surface area contributed by atoms with Crippen molar-refractivity contribution in [3.8, 4) is 11.3 Å². The maximum Gasteiger partial charge on any atom is 0.252 e. The maximum atomic E-state index is 12.5. The van der Waals surface area contributed by atoms with E-state index in [9.17, 15) is 13.2 Å². The minimum absolute atomic E-state index is 0.0200. The summed E-state index contributed by atoms with van der Waals surface area (Å²) >= 11 is 0. The number of rotatable bonds is 7. The summed E-state index contributed by atoms with van der Waals surface area (Å²) in [6.45, 7) is 7.66. The van der Waals surface area contributed by atoms with Crippen LogP contribution >= 0.6 is 0 Å². The molecule has 0 aliphatic heterocycles. The van der Waals surface area contributed by atoms with Crippen LogP contribution in [0.1, 0.15) is 55.0 Å². The number of amides is 1. The highest BCUT2D eigenvalue weighted by Crippen LogP contribution is 2.31. The lowest BCUT2D eigenvalue weighted by Crippen LogP contribution is -2.26. The van der Waals surface area contributed by atoms with Gasteiger partial charge in [-0.15, -0.1) is 0 Å². The topological polar surface area (TPSA) is 108 Å². The maximum absolute atomic E-state index is 12.5. The fourth-order valence-corrected chi connectivity index (χ4v) is 4.33. The minimum atomic E-state index is -3.13. The van der Waals surface area contributed by atoms with Crippen LogP contribution in [0.4, 0.5) is 0 Å². The molecule has 164 valence electrons. The molecule has 0 bridgehead atoms. The van der Waals surface area contributed by atoms with Crippen LogP contribution in [-0.2, 0) is 27.5 Å². The van der Waals surface area contributed by atoms with Crippen LogP contribution in [0.15, 0.2) is 48.7 Å². The number of aromatic nitrogens is 3. The molecule has 7 nitrogen and oxygen atoms in total. The normalized spacial score (nSPS) is 12.1. The van der Waals surface area contributed by atoms with Gasteiger partial charge in [0.25, 0.3) is 5.91 Å². The van der Waals surface area contributed by atoms with Gasteiger partial charge in [-0.3, -0.25) is 14.5 Å². The molecule has 0 saturated carbocycles. The summed E-state index contributed by atoms with van der Waals surface area (Å²) in [6, 6.07) is 12.7. The average Bonchev–Trinajstić information content (AvgIpc) is 3.09. The van der Waals surface area contributed by atoms with Crippen molar-refractivity contribution in [3.05, 3.63) is 71.2 Å². The Hall–Kier alpha value is -3.00. The van der Waals surface area contributed by atoms with Crippen LogP contribution in [-0.4, -0.2) is 34.8 Å². The van der Waals surface area contributed by atoms with Gasteiger partial charge in [0.2, 0.25) is 0 Å². The molecule has 0 unspecified atom stereocenters. The molecule has 31 heavy (non-hydrogen) atoms. The number of carbonyl (C=O) groups excluding carboxylic acids is 1. The van der Waals surface area contributed by atoms with Crippen LogP contribution in [0.25, 0.3) is 11.3 Å². The van der Waals surface area contributed by atoms with Gasteiger partial charge in [0, 0.05) is 29.6 Å². The summed E-state index contributed by atoms with van der Waals surface area (Å²) in [7, 11) is -3.13. The van der Waals surface area contributed by atoms with Crippen LogP contribution in [0.5, 0.6) is 0 Å². The SMILES string of the molecule is CCS(=O)(=O)Cc1ccc(-c2nn(C(C)(C)C)c(Cc3ccccn3)c2C(N)=O)cc1. The second kappa shape index (κ2) is 8.63. The van der Waals surface area contributed by atoms with Crippen LogP contribution in [0.2, 0.25) is 0 Å². The Balaban J connectivity index is 2.11. The van der Waals surface area contributed by atoms with E-state index in [-0.39, 0.29) is 17.0 Å². The van der Waals surface area contributed by atoms with Crippen molar-refractivity contribution < 1.29 is 13.2 Å². The Morgan fingerprint density at radius 2 is 1.77 bits per heavy atom. The highest BCUT2D eigenvalue weighted by Gasteiger charge is 2.28. The molecule has 0 spiro atoms. The molecule has 0 saturated heterocycles. The molecular formula is C23H28N4O3S. The van der Waals surface area contributed by atoms with E-state index in [4.69, 9.17) is 10.8 Å². The number of benzene rings is 1. The summed E-state index contributed by atoms with van der Waals surface area (Å²) in [5, 5.41) is 4.76. The highest BCUT2D eigenvalue weighted by molar-refractivity contribution is 7.90. The van der Waals surface area contributed by atoms with Crippen molar-refractivity contribution >= 4 is 15.7 Å². The number of pyridine rings is 1. The van der Waals surface area contributed by atoms with Crippen molar-refractivity contribution in [1.82, 2.24) is 14.8 Å². The Labute approximate surface area is 183 Å². The minimum Gasteiger partial charge on any atom is -0.365 e. The summed E-state index contributed by atoms with van der Waals surface area (Å²) in [6.07, 6.45) is 2.12. The van der Waals surface area contributed by atoms with Crippen LogP contribution in [0, 0.1) is 0 Å². The molecule has 2 heterocycles. The quantitative estimate of drug-likeness (QED) is 0.606. The lowest BCUT2D eigenvalue weighted by molar-refractivity contribution is 0.0999. The lowest BCUT2D eigenvalue weighted by Gasteiger charge is -2.22. The van der Waals surface area contributed by atoms with Gasteiger partial charge in [0.1, 0.15) is 5.69 Å². The predicted molar refractivity (Wildman–Crippen MR) is 121 cm³/mol. The number of primary amides is 1. The van der Waals surface area contributed by atoms with Crippen molar-refractivity contribution in [2.45, 2.75) is 45.4 Å². The van der Waals surface area contributed by atoms with Gasteiger partial charge >= 0.3 is 0 Å². The van der Waals surface area contributed by atoms with Gasteiger partial charge in [0.05, 0.1) is 22.5 Å². The zero-order chi connectivity index (χ0) is 22.8. The number of nitrogens with zero attached hydrogens (tertiary/aromatic N) is 3. The van der Waals surface area contributed by atoms with E-state index in [0.29, 0.717) is 34.5 Å². The van der Waals surface area contributed by atoms with Crippen molar-refractivity contribution in [3.63, 3.8) is 0 Å². The molecule has 0 aliphatic carbocycles. The molecule has 0 radical (unpaired) electrons. The number of hydrogen-bond donors (Lipinski definition) is 1. The monoisotopic (exact) mass is 440 g/mol. The van der Waals surface area contributed by atoms with E-state index in [1.54, 1.807) is 37.4 Å². The standard InChI is InChI=1S/C23H28N4O3S/c1-5-31(29,30)15-16-9-11-17(12-10-16)21-20(22(24)28)19(27(26-21)23(2,3)4)14-18-8-6-7-13-25-18/h6-13H,5,14-15H2,1-4H3,(H2,24,28). The van der Waals surface area contributed by atoms with E-state index in [0.717, 1.165) is 5.69 Å². The second-order valence-corrected chi connectivity index (χ2v) is 10.8. The molecule has 8 heteroatoms. The first kappa shape index (κ1) is 22.7. The molecular weight excluding hydrogens is 412 g/mol. The van der Waals surface area contributed by atoms with Gasteiger partial charge in [-0.2, -0.15) is 5.10 Å². The lowest BCUT2D eigenvalue weighted by atomic mass is 10.0. The molecule has 0 aliphatic rings. The van der Waals surface area contributed by atoms with Gasteiger partial charge in [-0.05, 0) is 38.5 Å². The number of nitrogens with two attached hydrogens (primary N) is 1. The van der Waals surface area contributed by atoms with Crippen LogP contribution < -0.4 is 5.73 Å². The Morgan fingerprint density at radius 1 is 1.10 bits per heavy atom. The summed E-state index contributed by atoms with van der Waals surface area (Å²) in [4.78, 5) is 16.9. The van der Waals surface area contributed by atoms with E-state index >= 15 is 0 Å². The zero-order valence-corrected chi connectivity index (χ0v) is 19.1. The third-order valence-corrected chi connectivity index (χ3v) is 6.64. The zero-order valence-electron chi connectivity index (χ0n) is 18.3. The molecule has 0 atom stereocenters. The fourth-order valence-electron chi connectivity index (χ4n) is 3.42. The van der Waals surface area contributed by atoms with Gasteiger partial charge in [-0.1, -0.05) is 37.3 Å². The molecule has 1 aromatic carbocycles. The summed E-state index contributed by atoms with van der Waals surface area (Å²) in [5.74, 6) is -0.490. The predicted octanol–water partition coefficient (Wildman–Crippen LogP) is 3.32. The van der Waals surface area contributed by atoms with E-state index < -0.39 is 15.7 Å². The van der Waals surface area contributed by atoms with Gasteiger partial charge in [-0.25, -0.2) is 8.42 Å². The van der Waals surface area contributed by atoms with Crippen molar-refractivity contribution in [1.29, 1.82) is 0 Å².